The molecule has 0 heterocycles. The zero-order valence-corrected chi connectivity index (χ0v) is 12.1. The van der Waals surface area contributed by atoms with Crippen molar-refractivity contribution in [3.8, 4) is 0 Å². The molecule has 0 spiro atoms. The number of hydrogen-bond acceptors (Lipinski definition) is 6. The van der Waals surface area contributed by atoms with Crippen LogP contribution in [0.1, 0.15) is 6.42 Å². The van der Waals surface area contributed by atoms with E-state index in [0.717, 1.165) is 6.08 Å². The SMILES string of the molecule is C=CC(=O)OC.O=C(O)CC(O)C(=O)[O-].[K+]. The van der Waals surface area contributed by atoms with Crippen LogP contribution in [0.15, 0.2) is 12.7 Å². The average Bonchev–Trinajstić information content (AvgIpc) is 2.16. The molecule has 0 aromatic carbocycles. The first-order chi connectivity index (χ1) is 6.84. The minimum atomic E-state index is -1.90. The summed E-state index contributed by atoms with van der Waals surface area (Å²) in [5.41, 5.74) is 0. The third-order valence-corrected chi connectivity index (χ3v) is 1.01. The summed E-state index contributed by atoms with van der Waals surface area (Å²) in [7, 11) is 1.31. The first kappa shape index (κ1) is 21.1. The van der Waals surface area contributed by atoms with Crippen LogP contribution in [-0.2, 0) is 19.1 Å². The van der Waals surface area contributed by atoms with Gasteiger partial charge in [-0.15, -0.1) is 0 Å². The second-order valence-electron chi connectivity index (χ2n) is 2.16. The molecule has 0 saturated heterocycles. The number of ether oxygens (including phenoxy) is 1. The van der Waals surface area contributed by atoms with E-state index in [1.54, 1.807) is 0 Å². The molecule has 0 rings (SSSR count). The first-order valence-corrected chi connectivity index (χ1v) is 3.66. The number of carboxylic acid groups (broad SMARTS) is 2. The van der Waals surface area contributed by atoms with Gasteiger partial charge in [-0.1, -0.05) is 6.58 Å². The first-order valence-electron chi connectivity index (χ1n) is 3.66. The predicted molar refractivity (Wildman–Crippen MR) is 45.5 cm³/mol. The van der Waals surface area contributed by atoms with E-state index < -0.39 is 30.4 Å². The number of carboxylic acids is 2. The molecule has 0 aliphatic carbocycles. The van der Waals surface area contributed by atoms with E-state index in [-0.39, 0.29) is 51.4 Å². The summed E-state index contributed by atoms with van der Waals surface area (Å²) in [4.78, 5) is 29.1. The maximum atomic E-state index is 9.84. The fraction of sp³-hybridized carbons (Fsp3) is 0.375. The Bertz CT molecular complexity index is 251. The zero-order valence-electron chi connectivity index (χ0n) is 9.00. The van der Waals surface area contributed by atoms with Crippen molar-refractivity contribution in [1.82, 2.24) is 0 Å². The van der Waals surface area contributed by atoms with E-state index >= 15 is 0 Å². The molecule has 7 nitrogen and oxygen atoms in total. The smallest absolute Gasteiger partial charge is 0.547 e. The van der Waals surface area contributed by atoms with Gasteiger partial charge in [0.2, 0.25) is 0 Å². The van der Waals surface area contributed by atoms with Gasteiger partial charge in [0, 0.05) is 6.08 Å². The monoisotopic (exact) mass is 258 g/mol. The fourth-order valence-corrected chi connectivity index (χ4v) is 0.332. The van der Waals surface area contributed by atoms with E-state index in [1.165, 1.54) is 7.11 Å². The van der Waals surface area contributed by atoms with Gasteiger partial charge in [-0.2, -0.15) is 0 Å². The van der Waals surface area contributed by atoms with Crippen molar-refractivity contribution in [3.05, 3.63) is 12.7 Å². The third kappa shape index (κ3) is 16.2. The van der Waals surface area contributed by atoms with Crippen LogP contribution in [0.25, 0.3) is 0 Å². The number of esters is 1. The predicted octanol–water partition coefficient (Wildman–Crippen LogP) is -5.08. The van der Waals surface area contributed by atoms with Crippen molar-refractivity contribution >= 4 is 17.9 Å². The van der Waals surface area contributed by atoms with Gasteiger partial charge in [-0.3, -0.25) is 4.79 Å². The molecule has 0 radical (unpaired) electrons. The van der Waals surface area contributed by atoms with Crippen molar-refractivity contribution in [2.75, 3.05) is 7.11 Å². The standard InChI is InChI=1S/C4H6O5.C4H6O2.K/c5-2(4(8)9)1-3(6)7;1-3-4(5)6-2;/h2,5H,1H2,(H,6,7)(H,8,9);3H,1H2,2H3;/q;;+1/p-1. The van der Waals surface area contributed by atoms with Gasteiger partial charge in [0.15, 0.2) is 0 Å². The van der Waals surface area contributed by atoms with Crippen LogP contribution in [0.5, 0.6) is 0 Å². The Morgan fingerprint density at radius 1 is 1.50 bits per heavy atom. The summed E-state index contributed by atoms with van der Waals surface area (Å²) >= 11 is 0. The van der Waals surface area contributed by atoms with E-state index in [2.05, 4.69) is 11.3 Å². The molecule has 0 saturated carbocycles. The van der Waals surface area contributed by atoms with Crippen molar-refractivity contribution in [2.24, 2.45) is 0 Å². The molecule has 0 aliphatic heterocycles. The van der Waals surface area contributed by atoms with Gasteiger partial charge >= 0.3 is 63.3 Å². The van der Waals surface area contributed by atoms with Gasteiger partial charge < -0.3 is 24.9 Å². The van der Waals surface area contributed by atoms with Crippen LogP contribution >= 0.6 is 0 Å². The molecule has 0 bridgehead atoms. The minimum absolute atomic E-state index is 0. The number of hydrogen-bond donors (Lipinski definition) is 2. The topological polar surface area (TPSA) is 124 Å². The molecular weight excluding hydrogens is 247 g/mol. The summed E-state index contributed by atoms with van der Waals surface area (Å²) in [6.45, 7) is 3.16. The molecular formula is C8H11KO7. The largest absolute Gasteiger partial charge is 1.00 e. The number of carbonyl (C=O) groups is 3. The van der Waals surface area contributed by atoms with Crippen LogP contribution in [0.3, 0.4) is 0 Å². The molecule has 0 aromatic rings. The van der Waals surface area contributed by atoms with Gasteiger partial charge in [0.1, 0.15) is 6.10 Å². The molecule has 8 heteroatoms. The van der Waals surface area contributed by atoms with Gasteiger partial charge in [0.25, 0.3) is 0 Å². The Kier molecular flexibility index (Phi) is 16.9. The molecule has 0 fully saturated rings. The van der Waals surface area contributed by atoms with E-state index in [0.29, 0.717) is 0 Å². The number of carbonyl (C=O) groups excluding carboxylic acids is 2. The maximum absolute atomic E-state index is 9.84. The molecule has 0 aromatic heterocycles. The number of methoxy groups -OCH3 is 1. The van der Waals surface area contributed by atoms with Crippen LogP contribution in [-0.4, -0.2) is 41.3 Å². The quantitative estimate of drug-likeness (QED) is 0.294. The second kappa shape index (κ2) is 12.8. The summed E-state index contributed by atoms with van der Waals surface area (Å²) in [6.07, 6.45) is -1.61. The third-order valence-electron chi connectivity index (χ3n) is 1.01. The summed E-state index contributed by atoms with van der Waals surface area (Å²) < 4.78 is 4.14. The average molecular weight is 258 g/mol. The summed E-state index contributed by atoms with van der Waals surface area (Å²) in [5.74, 6) is -3.53. The molecule has 1 unspecified atom stereocenters. The van der Waals surface area contributed by atoms with Crippen LogP contribution < -0.4 is 56.5 Å². The van der Waals surface area contributed by atoms with Crippen LogP contribution in [0, 0.1) is 0 Å². The van der Waals surface area contributed by atoms with Crippen molar-refractivity contribution < 1.29 is 85.8 Å². The van der Waals surface area contributed by atoms with Crippen molar-refractivity contribution in [2.45, 2.75) is 12.5 Å². The van der Waals surface area contributed by atoms with Gasteiger partial charge in [-0.05, 0) is 0 Å². The Labute approximate surface area is 135 Å². The Hall–Kier alpha value is -0.254. The molecule has 2 N–H and O–H groups in total. The number of rotatable bonds is 4. The Balaban J connectivity index is -0.000000214. The van der Waals surface area contributed by atoms with Crippen molar-refractivity contribution in [1.29, 1.82) is 0 Å². The van der Waals surface area contributed by atoms with Gasteiger partial charge in [-0.25, -0.2) is 4.79 Å². The molecule has 16 heavy (non-hydrogen) atoms. The minimum Gasteiger partial charge on any atom is -0.547 e. The number of aliphatic carboxylic acids is 2. The van der Waals surface area contributed by atoms with Crippen LogP contribution in [0.2, 0.25) is 0 Å². The van der Waals surface area contributed by atoms with E-state index in [9.17, 15) is 19.5 Å². The maximum Gasteiger partial charge on any atom is 1.00 e. The molecule has 86 valence electrons. The second-order valence-corrected chi connectivity index (χ2v) is 2.16. The molecule has 0 amide bonds. The number of aliphatic hydroxyl groups excluding tert-OH is 1. The van der Waals surface area contributed by atoms with E-state index in [4.69, 9.17) is 10.2 Å². The Morgan fingerprint density at radius 3 is 2.00 bits per heavy atom. The normalized spacial score (nSPS) is 9.62. The fourth-order valence-electron chi connectivity index (χ4n) is 0.332. The van der Waals surface area contributed by atoms with Crippen LogP contribution in [0.4, 0.5) is 0 Å². The summed E-state index contributed by atoms with van der Waals surface area (Å²) in [5, 5.41) is 25.7. The van der Waals surface area contributed by atoms with E-state index in [1.807, 2.05) is 0 Å². The van der Waals surface area contributed by atoms with Gasteiger partial charge in [0.05, 0.1) is 19.5 Å². The Morgan fingerprint density at radius 2 is 1.94 bits per heavy atom. The summed E-state index contributed by atoms with van der Waals surface area (Å²) in [6, 6.07) is 0. The van der Waals surface area contributed by atoms with Crippen molar-refractivity contribution in [3.63, 3.8) is 0 Å². The molecule has 1 atom stereocenters. The zero-order chi connectivity index (χ0) is 12.4. The number of aliphatic hydroxyl groups is 1. The molecule has 0 aliphatic rings.